The van der Waals surface area contributed by atoms with Crippen LogP contribution in [0, 0.1) is 0 Å². The molecule has 0 spiro atoms. The molecule has 6 nitrogen and oxygen atoms in total. The maximum Gasteiger partial charge on any atom is 0.471 e. The summed E-state index contributed by atoms with van der Waals surface area (Å²) in [4.78, 5) is 30.0. The van der Waals surface area contributed by atoms with Gasteiger partial charge in [-0.1, -0.05) is 35.5 Å². The van der Waals surface area contributed by atoms with Gasteiger partial charge in [-0.2, -0.15) is 18.2 Å². The average Bonchev–Trinajstić information content (AvgIpc) is 3.30. The molecular weight excluding hydrogens is 395 g/mol. The number of aromatic nitrogens is 2. The molecule has 0 unspecified atom stereocenters. The highest BCUT2D eigenvalue weighted by Gasteiger charge is 2.38. The Morgan fingerprint density at radius 3 is 2.50 bits per heavy atom. The Morgan fingerprint density at radius 1 is 1.14 bits per heavy atom. The van der Waals surface area contributed by atoms with Crippen LogP contribution in [0.2, 0.25) is 0 Å². The molecule has 10 heteroatoms. The fourth-order valence-corrected chi connectivity index (χ4v) is 3.38. The molecule has 0 radical (unpaired) electrons. The van der Waals surface area contributed by atoms with E-state index in [2.05, 4.69) is 14.7 Å². The van der Waals surface area contributed by atoms with Gasteiger partial charge in [0, 0.05) is 18.3 Å². The van der Waals surface area contributed by atoms with Crippen molar-refractivity contribution in [2.24, 2.45) is 0 Å². The highest BCUT2D eigenvalue weighted by atomic mass is 32.1. The molecule has 3 aromatic rings. The van der Waals surface area contributed by atoms with E-state index in [4.69, 9.17) is 0 Å². The predicted molar refractivity (Wildman–Crippen MR) is 94.2 cm³/mol. The molecule has 0 atom stereocenters. The molecule has 3 rings (SSSR count). The number of rotatable bonds is 6. The van der Waals surface area contributed by atoms with Crippen LogP contribution in [0.3, 0.4) is 0 Å². The van der Waals surface area contributed by atoms with Crippen molar-refractivity contribution in [3.8, 4) is 10.7 Å². The van der Waals surface area contributed by atoms with Gasteiger partial charge < -0.3 is 9.42 Å². The van der Waals surface area contributed by atoms with Crippen molar-refractivity contribution in [3.63, 3.8) is 0 Å². The van der Waals surface area contributed by atoms with Gasteiger partial charge in [0.1, 0.15) is 0 Å². The second-order valence-corrected chi connectivity index (χ2v) is 7.10. The van der Waals surface area contributed by atoms with Crippen LogP contribution < -0.4 is 0 Å². The Kier molecular flexibility index (Phi) is 5.59. The number of carbonyl (C=O) groups excluding carboxylic acids is 2. The van der Waals surface area contributed by atoms with Gasteiger partial charge >= 0.3 is 12.1 Å². The third-order valence-corrected chi connectivity index (χ3v) is 4.80. The molecule has 2 aromatic heterocycles. The second kappa shape index (κ2) is 7.93. The number of benzene rings is 1. The molecule has 0 N–H and O–H groups in total. The van der Waals surface area contributed by atoms with Crippen LogP contribution >= 0.6 is 11.3 Å². The van der Waals surface area contributed by atoms with Crippen LogP contribution in [-0.4, -0.2) is 33.8 Å². The first-order valence-corrected chi connectivity index (χ1v) is 8.88. The summed E-state index contributed by atoms with van der Waals surface area (Å²) in [6.45, 7) is 0.133. The van der Waals surface area contributed by atoms with Crippen LogP contribution in [-0.2, 0) is 28.7 Å². The van der Waals surface area contributed by atoms with Crippen molar-refractivity contribution in [2.75, 3.05) is 7.05 Å². The summed E-state index contributed by atoms with van der Waals surface area (Å²) in [6, 6.07) is 12.1. The van der Waals surface area contributed by atoms with Gasteiger partial charge in [0.25, 0.3) is 5.91 Å². The number of hydrogen-bond donors (Lipinski definition) is 0. The molecule has 0 saturated carbocycles. The lowest BCUT2D eigenvalue weighted by atomic mass is 10.1. The standard InChI is InChI=1S/C18H14F3N3O3S/c1-24(16(26)13(25)9-11-5-3-2-4-6-11)10-12-7-8-14(28-12)15-22-17(27-23-15)18(19,20)21/h2-8H,9-10H2,1H3. The molecule has 2 heterocycles. The fraction of sp³-hybridized carbons (Fsp3) is 0.222. The van der Waals surface area contributed by atoms with E-state index in [-0.39, 0.29) is 18.8 Å². The largest absolute Gasteiger partial charge is 0.471 e. The number of ketones is 1. The number of alkyl halides is 3. The van der Waals surface area contributed by atoms with E-state index in [0.717, 1.165) is 16.9 Å². The molecule has 0 bridgehead atoms. The first kappa shape index (κ1) is 19.7. The minimum Gasteiger partial charge on any atom is -0.334 e. The fourth-order valence-electron chi connectivity index (χ4n) is 2.40. The molecule has 28 heavy (non-hydrogen) atoms. The zero-order valence-corrected chi connectivity index (χ0v) is 15.4. The van der Waals surface area contributed by atoms with Gasteiger partial charge in [0.05, 0.1) is 11.4 Å². The Morgan fingerprint density at radius 2 is 1.86 bits per heavy atom. The van der Waals surface area contributed by atoms with E-state index in [1.54, 1.807) is 30.3 Å². The van der Waals surface area contributed by atoms with Crippen LogP contribution in [0.15, 0.2) is 47.0 Å². The molecule has 0 saturated heterocycles. The summed E-state index contributed by atoms with van der Waals surface area (Å²) < 4.78 is 41.8. The lowest BCUT2D eigenvalue weighted by molar-refractivity contribution is -0.159. The van der Waals surface area contributed by atoms with E-state index in [1.807, 2.05) is 6.07 Å². The highest BCUT2D eigenvalue weighted by Crippen LogP contribution is 2.31. The summed E-state index contributed by atoms with van der Waals surface area (Å²) in [5, 5.41) is 3.33. The van der Waals surface area contributed by atoms with Crippen molar-refractivity contribution in [1.29, 1.82) is 0 Å². The number of halogens is 3. The van der Waals surface area contributed by atoms with Crippen LogP contribution in [0.4, 0.5) is 13.2 Å². The van der Waals surface area contributed by atoms with E-state index in [1.165, 1.54) is 18.0 Å². The molecule has 0 fully saturated rings. The topological polar surface area (TPSA) is 76.3 Å². The number of amides is 1. The number of Topliss-reactive ketones (excluding diaryl/α,β-unsaturated/α-hetero) is 1. The SMILES string of the molecule is CN(Cc1ccc(-c2noc(C(F)(F)F)n2)s1)C(=O)C(=O)Cc1ccccc1. The van der Waals surface area contributed by atoms with E-state index in [0.29, 0.717) is 9.75 Å². The van der Waals surface area contributed by atoms with E-state index < -0.39 is 23.8 Å². The Balaban J connectivity index is 1.63. The molecule has 146 valence electrons. The third kappa shape index (κ3) is 4.63. The molecule has 0 aliphatic carbocycles. The summed E-state index contributed by atoms with van der Waals surface area (Å²) >= 11 is 1.11. The number of thiophene rings is 1. The van der Waals surface area contributed by atoms with Crippen LogP contribution in [0.5, 0.6) is 0 Å². The Bertz CT molecular complexity index is 983. The number of nitrogens with zero attached hydrogens (tertiary/aromatic N) is 3. The average molecular weight is 409 g/mol. The molecular formula is C18H14F3N3O3S. The molecule has 0 aliphatic heterocycles. The minimum atomic E-state index is -4.71. The van der Waals surface area contributed by atoms with Gasteiger partial charge in [-0.05, 0) is 17.7 Å². The van der Waals surface area contributed by atoms with Crippen molar-refractivity contribution >= 4 is 23.0 Å². The first-order chi connectivity index (χ1) is 13.2. The number of hydrogen-bond acceptors (Lipinski definition) is 6. The third-order valence-electron chi connectivity index (χ3n) is 3.74. The summed E-state index contributed by atoms with van der Waals surface area (Å²) in [5.74, 6) is -2.79. The van der Waals surface area contributed by atoms with E-state index >= 15 is 0 Å². The van der Waals surface area contributed by atoms with Crippen molar-refractivity contribution in [1.82, 2.24) is 15.0 Å². The maximum atomic E-state index is 12.5. The molecule has 0 aliphatic rings. The van der Waals surface area contributed by atoms with Gasteiger partial charge in [-0.3, -0.25) is 9.59 Å². The quantitative estimate of drug-likeness (QED) is 0.582. The van der Waals surface area contributed by atoms with Gasteiger partial charge in [0.15, 0.2) is 0 Å². The summed E-state index contributed by atoms with van der Waals surface area (Å²) in [6.07, 6.45) is -4.71. The van der Waals surface area contributed by atoms with E-state index in [9.17, 15) is 22.8 Å². The van der Waals surface area contributed by atoms with Gasteiger partial charge in [-0.15, -0.1) is 11.3 Å². The predicted octanol–water partition coefficient (Wildman–Crippen LogP) is 3.59. The molecule has 1 amide bonds. The molecule has 1 aromatic carbocycles. The number of carbonyl (C=O) groups is 2. The van der Waals surface area contributed by atoms with Crippen molar-refractivity contribution in [2.45, 2.75) is 19.1 Å². The van der Waals surface area contributed by atoms with Gasteiger partial charge in [0.2, 0.25) is 11.6 Å². The Hall–Kier alpha value is -3.01. The summed E-state index contributed by atoms with van der Waals surface area (Å²) in [7, 11) is 1.49. The normalized spacial score (nSPS) is 11.4. The first-order valence-electron chi connectivity index (χ1n) is 8.06. The zero-order chi connectivity index (χ0) is 20.3. The Labute approximate surface area is 161 Å². The highest BCUT2D eigenvalue weighted by molar-refractivity contribution is 7.15. The lowest BCUT2D eigenvalue weighted by Crippen LogP contribution is -2.33. The maximum absolute atomic E-state index is 12.5. The lowest BCUT2D eigenvalue weighted by Gasteiger charge is -2.15. The van der Waals surface area contributed by atoms with Crippen LogP contribution in [0.1, 0.15) is 16.3 Å². The van der Waals surface area contributed by atoms with Crippen molar-refractivity contribution < 1.29 is 27.3 Å². The zero-order valence-electron chi connectivity index (χ0n) is 14.6. The van der Waals surface area contributed by atoms with Gasteiger partial charge in [-0.25, -0.2) is 0 Å². The second-order valence-electron chi connectivity index (χ2n) is 5.93. The smallest absolute Gasteiger partial charge is 0.334 e. The monoisotopic (exact) mass is 409 g/mol. The van der Waals surface area contributed by atoms with Crippen molar-refractivity contribution in [3.05, 3.63) is 58.8 Å². The number of likely N-dealkylation sites (N-methyl/N-ethyl adjacent to an activating group) is 1. The minimum absolute atomic E-state index is 0.00276. The van der Waals surface area contributed by atoms with Crippen LogP contribution in [0.25, 0.3) is 10.7 Å². The summed E-state index contributed by atoms with van der Waals surface area (Å²) in [5.41, 5.74) is 0.741.